The fourth-order valence-electron chi connectivity index (χ4n) is 3.94. The van der Waals surface area contributed by atoms with Crippen LogP contribution in [0.3, 0.4) is 0 Å². The monoisotopic (exact) mass is 376 g/mol. The lowest BCUT2D eigenvalue weighted by molar-refractivity contribution is -0.138. The second-order valence-corrected chi connectivity index (χ2v) is 7.21. The maximum Gasteiger partial charge on any atom is 0.416 e. The highest BCUT2D eigenvalue weighted by Crippen LogP contribution is 2.33. The Balaban J connectivity index is 1.57. The Morgan fingerprint density at radius 3 is 2.22 bits per heavy atom. The maximum absolute atomic E-state index is 13.2. The van der Waals surface area contributed by atoms with Crippen LogP contribution >= 0.6 is 0 Å². The molecule has 0 spiro atoms. The van der Waals surface area contributed by atoms with Crippen LogP contribution < -0.4 is 0 Å². The molecule has 1 aliphatic rings. The lowest BCUT2D eigenvalue weighted by Gasteiger charge is -2.38. The van der Waals surface area contributed by atoms with E-state index in [9.17, 15) is 13.2 Å². The average Bonchev–Trinajstić information content (AvgIpc) is 2.67. The molecule has 0 saturated carbocycles. The zero-order valence-corrected chi connectivity index (χ0v) is 15.8. The van der Waals surface area contributed by atoms with Crippen molar-refractivity contribution in [3.8, 4) is 0 Å². The average molecular weight is 376 g/mol. The van der Waals surface area contributed by atoms with Crippen LogP contribution in [-0.2, 0) is 19.3 Å². The summed E-state index contributed by atoms with van der Waals surface area (Å²) in [4.78, 5) is 4.63. The fraction of sp³-hybridized carbons (Fsp3) is 0.455. The number of halogens is 3. The van der Waals surface area contributed by atoms with Crippen molar-refractivity contribution in [2.45, 2.75) is 45.1 Å². The molecule has 1 fully saturated rings. The number of hydrogen-bond donors (Lipinski definition) is 0. The van der Waals surface area contributed by atoms with Crippen molar-refractivity contribution in [3.63, 3.8) is 0 Å². The molecular formula is C22H27F3N2. The minimum absolute atomic E-state index is 0.368. The van der Waals surface area contributed by atoms with Crippen LogP contribution in [0.5, 0.6) is 0 Å². The molecule has 1 saturated heterocycles. The first-order valence-electron chi connectivity index (χ1n) is 9.63. The third-order valence-corrected chi connectivity index (χ3v) is 5.42. The summed E-state index contributed by atoms with van der Waals surface area (Å²) in [5.74, 6) is 0. The molecule has 2 aromatic rings. The Morgan fingerprint density at radius 1 is 0.963 bits per heavy atom. The van der Waals surface area contributed by atoms with Crippen molar-refractivity contribution in [2.24, 2.45) is 0 Å². The van der Waals surface area contributed by atoms with Gasteiger partial charge in [-0.05, 0) is 49.7 Å². The van der Waals surface area contributed by atoms with E-state index in [0.29, 0.717) is 18.2 Å². The SMILES string of the molecule is CCN(Cc1ccccc1)C1CCN(Cc2ccccc2C(F)(F)F)CC1. The van der Waals surface area contributed by atoms with E-state index < -0.39 is 11.7 Å². The van der Waals surface area contributed by atoms with E-state index in [1.807, 2.05) is 6.07 Å². The second kappa shape index (κ2) is 8.89. The predicted octanol–water partition coefficient (Wildman–Crippen LogP) is 5.19. The van der Waals surface area contributed by atoms with E-state index in [0.717, 1.165) is 39.0 Å². The van der Waals surface area contributed by atoms with E-state index in [4.69, 9.17) is 0 Å². The summed E-state index contributed by atoms with van der Waals surface area (Å²) >= 11 is 0. The van der Waals surface area contributed by atoms with Crippen molar-refractivity contribution in [3.05, 3.63) is 71.3 Å². The van der Waals surface area contributed by atoms with Crippen molar-refractivity contribution >= 4 is 0 Å². The summed E-state index contributed by atoms with van der Waals surface area (Å²) in [7, 11) is 0. The summed E-state index contributed by atoms with van der Waals surface area (Å²) in [5, 5.41) is 0. The van der Waals surface area contributed by atoms with Crippen LogP contribution in [0.15, 0.2) is 54.6 Å². The van der Waals surface area contributed by atoms with E-state index in [-0.39, 0.29) is 0 Å². The lowest BCUT2D eigenvalue weighted by atomic mass is 10.0. The lowest BCUT2D eigenvalue weighted by Crippen LogP contribution is -2.44. The van der Waals surface area contributed by atoms with E-state index in [1.165, 1.54) is 17.7 Å². The van der Waals surface area contributed by atoms with E-state index in [1.54, 1.807) is 12.1 Å². The molecule has 1 aliphatic heterocycles. The summed E-state index contributed by atoms with van der Waals surface area (Å²) in [6, 6.07) is 16.9. The Kier molecular flexibility index (Phi) is 6.55. The molecule has 0 radical (unpaired) electrons. The Labute approximate surface area is 159 Å². The quantitative estimate of drug-likeness (QED) is 0.684. The van der Waals surface area contributed by atoms with E-state index >= 15 is 0 Å². The highest BCUT2D eigenvalue weighted by molar-refractivity contribution is 5.29. The topological polar surface area (TPSA) is 6.48 Å². The molecule has 0 atom stereocenters. The standard InChI is InChI=1S/C22H27F3N2/c1-2-27(16-18-8-4-3-5-9-18)20-12-14-26(15-13-20)17-19-10-6-7-11-21(19)22(23,24)25/h3-11,20H,2,12-17H2,1H3. The van der Waals surface area contributed by atoms with Gasteiger partial charge in [-0.2, -0.15) is 13.2 Å². The van der Waals surface area contributed by atoms with Gasteiger partial charge in [0, 0.05) is 19.1 Å². The summed E-state index contributed by atoms with van der Waals surface area (Å²) in [6.45, 7) is 6.13. The smallest absolute Gasteiger partial charge is 0.299 e. The molecule has 1 heterocycles. The highest BCUT2D eigenvalue weighted by atomic mass is 19.4. The number of rotatable bonds is 6. The third-order valence-electron chi connectivity index (χ3n) is 5.42. The van der Waals surface area contributed by atoms with Gasteiger partial charge in [0.25, 0.3) is 0 Å². The number of nitrogens with zero attached hydrogens (tertiary/aromatic N) is 2. The summed E-state index contributed by atoms with van der Waals surface area (Å²) < 4.78 is 39.6. The van der Waals surface area contributed by atoms with Crippen molar-refractivity contribution in [1.82, 2.24) is 9.80 Å². The van der Waals surface area contributed by atoms with Gasteiger partial charge >= 0.3 is 6.18 Å². The molecule has 3 rings (SSSR count). The van der Waals surface area contributed by atoms with Gasteiger partial charge in [-0.15, -0.1) is 0 Å². The van der Waals surface area contributed by atoms with Gasteiger partial charge in [0.1, 0.15) is 0 Å². The Morgan fingerprint density at radius 2 is 1.59 bits per heavy atom. The van der Waals surface area contributed by atoms with Crippen LogP contribution in [0.25, 0.3) is 0 Å². The van der Waals surface area contributed by atoms with Crippen LogP contribution in [0.1, 0.15) is 36.5 Å². The first kappa shape index (κ1) is 19.9. The minimum atomic E-state index is -4.29. The number of hydrogen-bond acceptors (Lipinski definition) is 2. The van der Waals surface area contributed by atoms with Crippen molar-refractivity contribution < 1.29 is 13.2 Å². The first-order chi connectivity index (χ1) is 13.0. The van der Waals surface area contributed by atoms with Crippen LogP contribution in [0, 0.1) is 0 Å². The number of alkyl halides is 3. The van der Waals surface area contributed by atoms with Crippen molar-refractivity contribution in [2.75, 3.05) is 19.6 Å². The molecular weight excluding hydrogens is 349 g/mol. The zero-order valence-electron chi connectivity index (χ0n) is 15.8. The highest BCUT2D eigenvalue weighted by Gasteiger charge is 2.33. The van der Waals surface area contributed by atoms with Crippen LogP contribution in [0.2, 0.25) is 0 Å². The second-order valence-electron chi connectivity index (χ2n) is 7.21. The van der Waals surface area contributed by atoms with Gasteiger partial charge in [-0.1, -0.05) is 55.5 Å². The third kappa shape index (κ3) is 5.33. The predicted molar refractivity (Wildman–Crippen MR) is 102 cm³/mol. The Hall–Kier alpha value is -1.85. The largest absolute Gasteiger partial charge is 0.416 e. The van der Waals surface area contributed by atoms with E-state index in [2.05, 4.69) is 41.0 Å². The van der Waals surface area contributed by atoms with Gasteiger partial charge in [0.2, 0.25) is 0 Å². The van der Waals surface area contributed by atoms with Gasteiger partial charge in [0.15, 0.2) is 0 Å². The van der Waals surface area contributed by atoms with Gasteiger partial charge in [-0.25, -0.2) is 0 Å². The van der Waals surface area contributed by atoms with Gasteiger partial charge < -0.3 is 0 Å². The number of piperidine rings is 1. The zero-order chi connectivity index (χ0) is 19.3. The molecule has 0 aliphatic carbocycles. The molecule has 146 valence electrons. The molecule has 0 amide bonds. The van der Waals surface area contributed by atoms with Gasteiger partial charge in [0.05, 0.1) is 5.56 Å². The molecule has 0 bridgehead atoms. The fourth-order valence-corrected chi connectivity index (χ4v) is 3.94. The molecule has 2 aromatic carbocycles. The molecule has 0 N–H and O–H groups in total. The first-order valence-corrected chi connectivity index (χ1v) is 9.63. The van der Waals surface area contributed by atoms with Crippen molar-refractivity contribution in [1.29, 1.82) is 0 Å². The number of benzene rings is 2. The summed E-state index contributed by atoms with van der Waals surface area (Å²) in [6.07, 6.45) is -2.30. The number of likely N-dealkylation sites (tertiary alicyclic amines) is 1. The molecule has 5 heteroatoms. The normalized spacial score (nSPS) is 16.8. The molecule has 27 heavy (non-hydrogen) atoms. The molecule has 0 aromatic heterocycles. The van der Waals surface area contributed by atoms with Crippen LogP contribution in [-0.4, -0.2) is 35.5 Å². The molecule has 0 unspecified atom stereocenters. The Bertz CT molecular complexity index is 707. The summed E-state index contributed by atoms with van der Waals surface area (Å²) in [5.41, 5.74) is 1.17. The van der Waals surface area contributed by atoms with Crippen LogP contribution in [0.4, 0.5) is 13.2 Å². The van der Waals surface area contributed by atoms with Gasteiger partial charge in [-0.3, -0.25) is 9.80 Å². The maximum atomic E-state index is 13.2. The molecule has 2 nitrogen and oxygen atoms in total. The minimum Gasteiger partial charge on any atom is -0.299 e.